The third-order valence-corrected chi connectivity index (χ3v) is 6.31. The zero-order valence-electron chi connectivity index (χ0n) is 12.1. The molecule has 2 rings (SSSR count). The molecule has 20 heavy (non-hydrogen) atoms. The Labute approximate surface area is 125 Å². The lowest BCUT2D eigenvalue weighted by molar-refractivity contribution is 0.278. The fourth-order valence-corrected chi connectivity index (χ4v) is 4.59. The van der Waals surface area contributed by atoms with Gasteiger partial charge in [-0.25, -0.2) is 9.71 Å². The van der Waals surface area contributed by atoms with Crippen molar-refractivity contribution < 1.29 is 8.42 Å². The molecule has 7 heteroatoms. The maximum Gasteiger partial charge on any atom is 0.279 e. The molecule has 1 fully saturated rings. The van der Waals surface area contributed by atoms with Gasteiger partial charge in [0.25, 0.3) is 10.2 Å². The van der Waals surface area contributed by atoms with Crippen LogP contribution in [0.1, 0.15) is 36.6 Å². The minimum absolute atomic E-state index is 0.421. The Balaban J connectivity index is 1.82. The highest BCUT2D eigenvalue weighted by Crippen LogP contribution is 2.18. The van der Waals surface area contributed by atoms with Crippen LogP contribution in [0.5, 0.6) is 0 Å². The third kappa shape index (κ3) is 4.25. The Morgan fingerprint density at radius 3 is 3.00 bits per heavy atom. The van der Waals surface area contributed by atoms with Gasteiger partial charge in [-0.1, -0.05) is 13.8 Å². The Morgan fingerprint density at radius 2 is 2.35 bits per heavy atom. The topological polar surface area (TPSA) is 62.3 Å². The Hall–Kier alpha value is -0.500. The fourth-order valence-electron chi connectivity index (χ4n) is 2.37. The van der Waals surface area contributed by atoms with E-state index in [1.165, 1.54) is 4.88 Å². The van der Waals surface area contributed by atoms with Gasteiger partial charge in [0.15, 0.2) is 0 Å². The number of rotatable bonds is 6. The van der Waals surface area contributed by atoms with Gasteiger partial charge < -0.3 is 0 Å². The van der Waals surface area contributed by atoms with Crippen molar-refractivity contribution in [2.75, 3.05) is 19.6 Å². The van der Waals surface area contributed by atoms with Crippen LogP contribution in [0.3, 0.4) is 0 Å². The summed E-state index contributed by atoms with van der Waals surface area (Å²) in [6.07, 6.45) is 5.59. The zero-order chi connectivity index (χ0) is 14.6. The summed E-state index contributed by atoms with van der Waals surface area (Å²) < 4.78 is 28.6. The van der Waals surface area contributed by atoms with Gasteiger partial charge >= 0.3 is 0 Å². The SMILES string of the molecule is CCc1cnc(CCNS(=O)(=O)N2CCCC(C)C2)s1. The predicted octanol–water partition coefficient (Wildman–Crippen LogP) is 1.81. The standard InChI is InChI=1S/C13H23N3O2S2/c1-3-12-9-14-13(19-12)6-7-15-20(17,18)16-8-4-5-11(2)10-16/h9,11,15H,3-8,10H2,1-2H3. The van der Waals surface area contributed by atoms with Gasteiger partial charge in [0.1, 0.15) is 0 Å². The van der Waals surface area contributed by atoms with Gasteiger partial charge in [0.2, 0.25) is 0 Å². The summed E-state index contributed by atoms with van der Waals surface area (Å²) in [5.74, 6) is 0.450. The summed E-state index contributed by atoms with van der Waals surface area (Å²) in [5, 5.41) is 0.997. The van der Waals surface area contributed by atoms with Crippen LogP contribution >= 0.6 is 11.3 Å². The molecule has 5 nitrogen and oxygen atoms in total. The minimum atomic E-state index is -3.32. The van der Waals surface area contributed by atoms with E-state index >= 15 is 0 Å². The van der Waals surface area contributed by atoms with E-state index < -0.39 is 10.2 Å². The molecule has 1 unspecified atom stereocenters. The molecule has 1 aliphatic rings. The summed E-state index contributed by atoms with van der Waals surface area (Å²) in [6.45, 7) is 5.88. The highest BCUT2D eigenvalue weighted by molar-refractivity contribution is 7.87. The smallest absolute Gasteiger partial charge is 0.249 e. The van der Waals surface area contributed by atoms with Crippen LogP contribution < -0.4 is 4.72 Å². The van der Waals surface area contributed by atoms with E-state index in [-0.39, 0.29) is 0 Å². The van der Waals surface area contributed by atoms with E-state index in [0.29, 0.717) is 32.0 Å². The molecule has 0 bridgehead atoms. The van der Waals surface area contributed by atoms with Crippen LogP contribution in [-0.2, 0) is 23.1 Å². The number of thiazole rings is 1. The molecule has 1 aromatic heterocycles. The highest BCUT2D eigenvalue weighted by atomic mass is 32.2. The number of nitrogens with zero attached hydrogens (tertiary/aromatic N) is 2. The van der Waals surface area contributed by atoms with E-state index in [0.717, 1.165) is 24.3 Å². The molecule has 0 aliphatic carbocycles. The molecule has 1 aromatic rings. The first-order valence-corrected chi connectivity index (χ1v) is 9.45. The van der Waals surface area contributed by atoms with E-state index in [9.17, 15) is 8.42 Å². The largest absolute Gasteiger partial charge is 0.279 e. The number of aromatic nitrogens is 1. The van der Waals surface area contributed by atoms with E-state index in [1.807, 2.05) is 6.20 Å². The maximum atomic E-state index is 12.2. The minimum Gasteiger partial charge on any atom is -0.249 e. The molecule has 1 aliphatic heterocycles. The van der Waals surface area contributed by atoms with Crippen LogP contribution in [-0.4, -0.2) is 37.3 Å². The number of hydrogen-bond donors (Lipinski definition) is 1. The van der Waals surface area contributed by atoms with Crippen molar-refractivity contribution in [2.24, 2.45) is 5.92 Å². The van der Waals surface area contributed by atoms with Crippen LogP contribution in [0.2, 0.25) is 0 Å². The monoisotopic (exact) mass is 317 g/mol. The number of piperidine rings is 1. The average molecular weight is 317 g/mol. The molecule has 1 atom stereocenters. The second-order valence-corrected chi connectivity index (χ2v) is 8.28. The molecule has 0 radical (unpaired) electrons. The van der Waals surface area contributed by atoms with Crippen LogP contribution in [0.25, 0.3) is 0 Å². The van der Waals surface area contributed by atoms with E-state index in [2.05, 4.69) is 23.6 Å². The molecule has 0 spiro atoms. The molecule has 0 amide bonds. The van der Waals surface area contributed by atoms with Crippen molar-refractivity contribution in [2.45, 2.75) is 39.5 Å². The van der Waals surface area contributed by atoms with Crippen LogP contribution in [0.15, 0.2) is 6.20 Å². The van der Waals surface area contributed by atoms with Gasteiger partial charge in [0, 0.05) is 37.1 Å². The average Bonchev–Trinajstić information content (AvgIpc) is 2.86. The highest BCUT2D eigenvalue weighted by Gasteiger charge is 2.26. The Morgan fingerprint density at radius 1 is 1.55 bits per heavy atom. The summed E-state index contributed by atoms with van der Waals surface area (Å²) in [6, 6.07) is 0. The van der Waals surface area contributed by atoms with Gasteiger partial charge in [-0.3, -0.25) is 0 Å². The Bertz CT molecular complexity index is 527. The first-order chi connectivity index (χ1) is 9.51. The quantitative estimate of drug-likeness (QED) is 0.870. The van der Waals surface area contributed by atoms with Crippen molar-refractivity contribution in [1.29, 1.82) is 0 Å². The maximum absolute atomic E-state index is 12.2. The van der Waals surface area contributed by atoms with Gasteiger partial charge in [0.05, 0.1) is 5.01 Å². The van der Waals surface area contributed by atoms with Crippen molar-refractivity contribution in [1.82, 2.24) is 14.0 Å². The molecule has 2 heterocycles. The summed E-state index contributed by atoms with van der Waals surface area (Å²) in [4.78, 5) is 5.54. The van der Waals surface area contributed by atoms with Gasteiger partial charge in [-0.15, -0.1) is 11.3 Å². The van der Waals surface area contributed by atoms with Gasteiger partial charge in [-0.05, 0) is 25.2 Å². The molecule has 0 saturated carbocycles. The van der Waals surface area contributed by atoms with Crippen molar-refractivity contribution in [3.63, 3.8) is 0 Å². The number of aryl methyl sites for hydroxylation is 1. The lowest BCUT2D eigenvalue weighted by Gasteiger charge is -2.29. The molecule has 1 saturated heterocycles. The van der Waals surface area contributed by atoms with E-state index in [1.54, 1.807) is 15.6 Å². The number of nitrogens with one attached hydrogen (secondary N) is 1. The van der Waals surface area contributed by atoms with Crippen molar-refractivity contribution >= 4 is 21.5 Å². The second kappa shape index (κ2) is 6.98. The summed E-state index contributed by atoms with van der Waals surface area (Å²) in [7, 11) is -3.32. The first-order valence-electron chi connectivity index (χ1n) is 7.19. The molecule has 114 valence electrons. The predicted molar refractivity (Wildman–Crippen MR) is 82.1 cm³/mol. The summed E-state index contributed by atoms with van der Waals surface area (Å²) in [5.41, 5.74) is 0. The molecule has 0 aromatic carbocycles. The van der Waals surface area contributed by atoms with Crippen LogP contribution in [0.4, 0.5) is 0 Å². The summed E-state index contributed by atoms with van der Waals surface area (Å²) >= 11 is 1.66. The van der Waals surface area contributed by atoms with Crippen molar-refractivity contribution in [3.8, 4) is 0 Å². The van der Waals surface area contributed by atoms with Crippen molar-refractivity contribution in [3.05, 3.63) is 16.1 Å². The normalized spacial score (nSPS) is 21.2. The lowest BCUT2D eigenvalue weighted by Crippen LogP contribution is -2.46. The molecular formula is C13H23N3O2S2. The fraction of sp³-hybridized carbons (Fsp3) is 0.769. The van der Waals surface area contributed by atoms with E-state index in [4.69, 9.17) is 0 Å². The Kier molecular flexibility index (Phi) is 5.54. The van der Waals surface area contributed by atoms with Crippen LogP contribution in [0, 0.1) is 5.92 Å². The molecule has 1 N–H and O–H groups in total. The molecular weight excluding hydrogens is 294 g/mol. The first kappa shape index (κ1) is 15.9. The lowest BCUT2D eigenvalue weighted by atomic mass is 10.0. The third-order valence-electron chi connectivity index (χ3n) is 3.53. The zero-order valence-corrected chi connectivity index (χ0v) is 13.8. The number of hydrogen-bond acceptors (Lipinski definition) is 4. The van der Waals surface area contributed by atoms with Gasteiger partial charge in [-0.2, -0.15) is 12.7 Å². The second-order valence-electron chi connectivity index (χ2n) is 5.33.